The van der Waals surface area contributed by atoms with Crippen molar-refractivity contribution in [1.82, 2.24) is 15.1 Å². The highest BCUT2D eigenvalue weighted by Crippen LogP contribution is 2.09. The Balaban J connectivity index is 1.87. The average Bonchev–Trinajstić information content (AvgIpc) is 2.59. The van der Waals surface area contributed by atoms with Crippen molar-refractivity contribution < 1.29 is 18.8 Å². The van der Waals surface area contributed by atoms with E-state index in [1.165, 1.54) is 23.1 Å². The number of rotatable bonds is 3. The quantitative estimate of drug-likeness (QED) is 0.656. The van der Waals surface area contributed by atoms with Gasteiger partial charge in [-0.1, -0.05) is 18.2 Å². The number of hydrogen-bond donors (Lipinski definition) is 1. The number of benzene rings is 1. The number of amides is 3. The van der Waals surface area contributed by atoms with Crippen molar-refractivity contribution >= 4 is 23.8 Å². The minimum Gasteiger partial charge on any atom is -0.346 e. The Bertz CT molecular complexity index is 680. The molecule has 1 aliphatic rings. The average molecular weight is 347 g/mol. The van der Waals surface area contributed by atoms with Crippen LogP contribution in [0.2, 0.25) is 0 Å². The first-order valence-electron chi connectivity index (χ1n) is 8.19. The van der Waals surface area contributed by atoms with Crippen LogP contribution in [0.15, 0.2) is 30.3 Å². The van der Waals surface area contributed by atoms with Gasteiger partial charge in [-0.05, 0) is 26.0 Å². The van der Waals surface area contributed by atoms with Gasteiger partial charge in [-0.2, -0.15) is 0 Å². The molecule has 1 heterocycles. The fourth-order valence-corrected chi connectivity index (χ4v) is 2.47. The molecule has 1 saturated heterocycles. The summed E-state index contributed by atoms with van der Waals surface area (Å²) in [5.41, 5.74) is 0.343. The van der Waals surface area contributed by atoms with Gasteiger partial charge in [0.1, 0.15) is 5.82 Å². The molecule has 0 unspecified atom stereocenters. The number of carbonyl (C=O) groups is 3. The zero-order chi connectivity index (χ0) is 18.4. The van der Waals surface area contributed by atoms with Gasteiger partial charge in [0.2, 0.25) is 5.91 Å². The Morgan fingerprint density at radius 3 is 2.28 bits per heavy atom. The van der Waals surface area contributed by atoms with Gasteiger partial charge >= 0.3 is 11.8 Å². The Kier molecular flexibility index (Phi) is 6.27. The number of nitrogens with one attached hydrogen (secondary N) is 1. The van der Waals surface area contributed by atoms with E-state index in [4.69, 9.17) is 0 Å². The third kappa shape index (κ3) is 5.14. The van der Waals surface area contributed by atoms with Gasteiger partial charge in [0.15, 0.2) is 0 Å². The minimum absolute atomic E-state index is 0.108. The van der Waals surface area contributed by atoms with Gasteiger partial charge < -0.3 is 15.1 Å². The van der Waals surface area contributed by atoms with E-state index < -0.39 is 17.6 Å². The molecule has 0 bridgehead atoms. The normalized spacial score (nSPS) is 14.9. The molecule has 0 atom stereocenters. The molecular formula is C18H22FN3O3. The van der Waals surface area contributed by atoms with Crippen molar-refractivity contribution in [2.75, 3.05) is 26.2 Å². The summed E-state index contributed by atoms with van der Waals surface area (Å²) in [6, 6.07) is 6.09. The van der Waals surface area contributed by atoms with Crippen LogP contribution in [-0.4, -0.2) is 59.7 Å². The standard InChI is InChI=1S/C18H22FN3O3/c1-13(2)20-17(24)18(25)22-11-9-21(10-12-22)16(23)8-7-14-5-3-4-6-15(14)19/h3-8,13H,9-12H2,1-2H3,(H,20,24)/b8-7+. The maximum atomic E-state index is 13.5. The molecule has 0 aromatic heterocycles. The van der Waals surface area contributed by atoms with E-state index in [0.29, 0.717) is 31.7 Å². The van der Waals surface area contributed by atoms with Gasteiger partial charge in [-0.25, -0.2) is 4.39 Å². The Morgan fingerprint density at radius 1 is 1.08 bits per heavy atom. The molecule has 7 heteroatoms. The number of halogens is 1. The van der Waals surface area contributed by atoms with Crippen molar-refractivity contribution in [1.29, 1.82) is 0 Å². The molecule has 25 heavy (non-hydrogen) atoms. The van der Waals surface area contributed by atoms with Crippen LogP contribution >= 0.6 is 0 Å². The second kappa shape index (κ2) is 8.41. The van der Waals surface area contributed by atoms with Crippen LogP contribution in [0.1, 0.15) is 19.4 Å². The SMILES string of the molecule is CC(C)NC(=O)C(=O)N1CCN(C(=O)/C=C/c2ccccc2F)CC1. The molecular weight excluding hydrogens is 325 g/mol. The fourth-order valence-electron chi connectivity index (χ4n) is 2.47. The summed E-state index contributed by atoms with van der Waals surface area (Å²) in [4.78, 5) is 38.9. The molecule has 0 aliphatic carbocycles. The number of carbonyl (C=O) groups excluding carboxylic acids is 3. The lowest BCUT2D eigenvalue weighted by Gasteiger charge is -2.33. The van der Waals surface area contributed by atoms with E-state index >= 15 is 0 Å². The molecule has 1 aromatic rings. The summed E-state index contributed by atoms with van der Waals surface area (Å²) >= 11 is 0. The first-order valence-corrected chi connectivity index (χ1v) is 8.19. The van der Waals surface area contributed by atoms with Crippen LogP contribution in [-0.2, 0) is 14.4 Å². The van der Waals surface area contributed by atoms with E-state index in [1.54, 1.807) is 36.9 Å². The minimum atomic E-state index is -0.630. The van der Waals surface area contributed by atoms with E-state index in [2.05, 4.69) is 5.32 Å². The predicted octanol–water partition coefficient (Wildman–Crippen LogP) is 1.03. The first kappa shape index (κ1) is 18.6. The van der Waals surface area contributed by atoms with Gasteiger partial charge in [0.05, 0.1) is 0 Å². The molecule has 1 aliphatic heterocycles. The highest BCUT2D eigenvalue weighted by Gasteiger charge is 2.27. The summed E-state index contributed by atoms with van der Waals surface area (Å²) in [6.07, 6.45) is 2.76. The Labute approximate surface area is 146 Å². The van der Waals surface area contributed by atoms with Crippen LogP contribution in [0.5, 0.6) is 0 Å². The highest BCUT2D eigenvalue weighted by atomic mass is 19.1. The molecule has 0 spiro atoms. The molecule has 1 N–H and O–H groups in total. The van der Waals surface area contributed by atoms with Crippen LogP contribution in [0, 0.1) is 5.82 Å². The number of nitrogens with zero attached hydrogens (tertiary/aromatic N) is 2. The Morgan fingerprint density at radius 2 is 1.68 bits per heavy atom. The third-order valence-electron chi connectivity index (χ3n) is 3.80. The Hall–Kier alpha value is -2.70. The van der Waals surface area contributed by atoms with Crippen molar-refractivity contribution in [2.45, 2.75) is 19.9 Å². The molecule has 6 nitrogen and oxygen atoms in total. The maximum Gasteiger partial charge on any atom is 0.312 e. The smallest absolute Gasteiger partial charge is 0.312 e. The van der Waals surface area contributed by atoms with Crippen molar-refractivity contribution in [3.63, 3.8) is 0 Å². The molecule has 3 amide bonds. The van der Waals surface area contributed by atoms with Crippen LogP contribution in [0.3, 0.4) is 0 Å². The molecule has 134 valence electrons. The maximum absolute atomic E-state index is 13.5. The van der Waals surface area contributed by atoms with Crippen LogP contribution < -0.4 is 5.32 Å². The molecule has 1 aromatic carbocycles. The molecule has 0 saturated carbocycles. The van der Waals surface area contributed by atoms with Gasteiger partial charge in [-0.3, -0.25) is 14.4 Å². The third-order valence-corrected chi connectivity index (χ3v) is 3.80. The van der Waals surface area contributed by atoms with Crippen molar-refractivity contribution in [3.8, 4) is 0 Å². The lowest BCUT2D eigenvalue weighted by atomic mass is 10.2. The zero-order valence-electron chi connectivity index (χ0n) is 14.4. The molecule has 2 rings (SSSR count). The monoisotopic (exact) mass is 347 g/mol. The first-order chi connectivity index (χ1) is 11.9. The summed E-state index contributed by atoms with van der Waals surface area (Å²) in [6.45, 7) is 4.82. The second-order valence-corrected chi connectivity index (χ2v) is 6.10. The second-order valence-electron chi connectivity index (χ2n) is 6.10. The van der Waals surface area contributed by atoms with E-state index in [9.17, 15) is 18.8 Å². The lowest BCUT2D eigenvalue weighted by Crippen LogP contribution is -2.54. The van der Waals surface area contributed by atoms with Crippen LogP contribution in [0.4, 0.5) is 4.39 Å². The van der Waals surface area contributed by atoms with Gasteiger partial charge in [-0.15, -0.1) is 0 Å². The molecule has 0 radical (unpaired) electrons. The summed E-state index contributed by atoms with van der Waals surface area (Å²) in [7, 11) is 0. The number of hydrogen-bond acceptors (Lipinski definition) is 3. The van der Waals surface area contributed by atoms with E-state index in [1.807, 2.05) is 0 Å². The lowest BCUT2D eigenvalue weighted by molar-refractivity contribution is -0.148. The highest BCUT2D eigenvalue weighted by molar-refractivity contribution is 6.35. The van der Waals surface area contributed by atoms with Crippen molar-refractivity contribution in [2.24, 2.45) is 0 Å². The zero-order valence-corrected chi connectivity index (χ0v) is 14.4. The van der Waals surface area contributed by atoms with Gasteiger partial charge in [0.25, 0.3) is 0 Å². The number of piperazine rings is 1. The summed E-state index contributed by atoms with van der Waals surface area (Å²) in [5.74, 6) is -1.85. The predicted molar refractivity (Wildman–Crippen MR) is 91.9 cm³/mol. The van der Waals surface area contributed by atoms with Gasteiger partial charge in [0, 0.05) is 43.9 Å². The topological polar surface area (TPSA) is 69.7 Å². The van der Waals surface area contributed by atoms with Crippen molar-refractivity contribution in [3.05, 3.63) is 41.7 Å². The largest absolute Gasteiger partial charge is 0.346 e. The molecule has 1 fully saturated rings. The van der Waals surface area contributed by atoms with E-state index in [-0.39, 0.29) is 11.9 Å². The van der Waals surface area contributed by atoms with E-state index in [0.717, 1.165) is 0 Å². The van der Waals surface area contributed by atoms with Crippen LogP contribution in [0.25, 0.3) is 6.08 Å². The summed E-state index contributed by atoms with van der Waals surface area (Å²) < 4.78 is 13.5. The fraction of sp³-hybridized carbons (Fsp3) is 0.389. The summed E-state index contributed by atoms with van der Waals surface area (Å²) in [5, 5.41) is 2.56.